The summed E-state index contributed by atoms with van der Waals surface area (Å²) in [7, 11) is 0. The van der Waals surface area contributed by atoms with Crippen LogP contribution in [0.25, 0.3) is 76.3 Å². The van der Waals surface area contributed by atoms with E-state index in [-0.39, 0.29) is 0 Å². The summed E-state index contributed by atoms with van der Waals surface area (Å²) in [6.45, 7) is 0. The summed E-state index contributed by atoms with van der Waals surface area (Å²) in [6, 6.07) is 48.9. The lowest BCUT2D eigenvalue weighted by Crippen LogP contribution is -1.96. The molecule has 0 fully saturated rings. The van der Waals surface area contributed by atoms with Crippen molar-refractivity contribution in [3.63, 3.8) is 0 Å². The van der Waals surface area contributed by atoms with Gasteiger partial charge in [0.2, 0.25) is 0 Å². The first-order valence-corrected chi connectivity index (χ1v) is 15.1. The van der Waals surface area contributed by atoms with E-state index < -0.39 is 0 Å². The Kier molecular flexibility index (Phi) is 6.32. The zero-order valence-electron chi connectivity index (χ0n) is 23.2. The van der Waals surface area contributed by atoms with Crippen molar-refractivity contribution in [3.8, 4) is 56.2 Å². The smallest absolute Gasteiger partial charge is 0.160 e. The molecule has 0 aliphatic heterocycles. The van der Waals surface area contributed by atoms with Crippen LogP contribution in [0.1, 0.15) is 0 Å². The molecule has 3 heterocycles. The Balaban J connectivity index is 1.22. The summed E-state index contributed by atoms with van der Waals surface area (Å²) in [5, 5.41) is 2.63. The fraction of sp³-hybridized carbons (Fsp3) is 0. The Hall–Kier alpha value is -5.45. The van der Waals surface area contributed by atoms with E-state index in [2.05, 4.69) is 114 Å². The van der Waals surface area contributed by atoms with Crippen LogP contribution in [0, 0.1) is 0 Å². The molecule has 0 amide bonds. The summed E-state index contributed by atoms with van der Waals surface area (Å²) < 4.78 is 2.64. The van der Waals surface area contributed by atoms with Crippen molar-refractivity contribution in [3.05, 3.63) is 152 Å². The highest BCUT2D eigenvalue weighted by atomic mass is 32.1. The van der Waals surface area contributed by atoms with Crippen molar-refractivity contribution in [2.45, 2.75) is 0 Å². The lowest BCUT2D eigenvalue weighted by molar-refractivity contribution is 1.18. The first kappa shape index (κ1) is 25.3. The van der Waals surface area contributed by atoms with Gasteiger partial charge in [-0.3, -0.25) is 4.98 Å². The van der Waals surface area contributed by atoms with E-state index in [1.54, 1.807) is 0 Å². The second-order valence-corrected chi connectivity index (χ2v) is 11.6. The number of nitrogens with zero attached hydrogens (tertiary/aromatic N) is 3. The number of pyridine rings is 1. The van der Waals surface area contributed by atoms with Crippen LogP contribution in [0.4, 0.5) is 0 Å². The quantitative estimate of drug-likeness (QED) is 0.208. The predicted molar refractivity (Wildman–Crippen MR) is 180 cm³/mol. The SMILES string of the molecule is c1ccc(-c2cc(-c3ccc(-c4cccc5c4sc4ccccc45)cc3)nc(-c3cccc(-c4ccncc4)c3)n2)cc1. The molecule has 8 aromatic rings. The van der Waals surface area contributed by atoms with E-state index in [0.717, 1.165) is 39.2 Å². The molecular formula is C39H25N3S. The molecule has 3 aromatic heterocycles. The summed E-state index contributed by atoms with van der Waals surface area (Å²) in [5.41, 5.74) is 9.55. The third-order valence-electron chi connectivity index (χ3n) is 7.83. The zero-order valence-corrected chi connectivity index (χ0v) is 24.0. The molecule has 5 aromatic carbocycles. The highest BCUT2D eigenvalue weighted by Gasteiger charge is 2.13. The standard InChI is InChI=1S/C39H25N3S/c1-2-8-28(9-3-1)35-25-36(42-39(41-35)31-11-6-10-30(24-31)26-20-22-40-23-21-26)29-18-16-27(17-19-29)32-13-7-14-34-33-12-4-5-15-37(33)43-38(32)34/h1-25H. The molecule has 0 bridgehead atoms. The van der Waals surface area contributed by atoms with Gasteiger partial charge in [0.05, 0.1) is 11.4 Å². The Labute approximate surface area is 253 Å². The molecule has 0 atom stereocenters. The predicted octanol–water partition coefficient (Wildman–Crippen LogP) is 10.6. The van der Waals surface area contributed by atoms with E-state index in [4.69, 9.17) is 9.97 Å². The molecule has 0 saturated carbocycles. The number of hydrogen-bond donors (Lipinski definition) is 0. The second-order valence-electron chi connectivity index (χ2n) is 10.5. The van der Waals surface area contributed by atoms with Crippen molar-refractivity contribution in [2.75, 3.05) is 0 Å². The minimum atomic E-state index is 0.700. The van der Waals surface area contributed by atoms with Crippen LogP contribution < -0.4 is 0 Å². The number of rotatable bonds is 5. The van der Waals surface area contributed by atoms with Crippen molar-refractivity contribution >= 4 is 31.5 Å². The minimum Gasteiger partial charge on any atom is -0.265 e. The molecular weight excluding hydrogens is 543 g/mol. The van der Waals surface area contributed by atoms with Gasteiger partial charge in [0.15, 0.2) is 5.82 Å². The van der Waals surface area contributed by atoms with Crippen LogP contribution in [0.2, 0.25) is 0 Å². The molecule has 0 N–H and O–H groups in total. The summed E-state index contributed by atoms with van der Waals surface area (Å²) in [4.78, 5) is 14.3. The fourth-order valence-corrected chi connectivity index (χ4v) is 6.90. The van der Waals surface area contributed by atoms with Gasteiger partial charge in [-0.25, -0.2) is 9.97 Å². The van der Waals surface area contributed by atoms with Crippen molar-refractivity contribution in [1.82, 2.24) is 15.0 Å². The molecule has 4 heteroatoms. The van der Waals surface area contributed by atoms with Gasteiger partial charge < -0.3 is 0 Å². The topological polar surface area (TPSA) is 38.7 Å². The monoisotopic (exact) mass is 567 g/mol. The van der Waals surface area contributed by atoms with Gasteiger partial charge in [-0.15, -0.1) is 11.3 Å². The number of aromatic nitrogens is 3. The first-order valence-electron chi connectivity index (χ1n) is 14.3. The first-order chi connectivity index (χ1) is 21.3. The summed E-state index contributed by atoms with van der Waals surface area (Å²) >= 11 is 1.86. The maximum atomic E-state index is 5.09. The van der Waals surface area contributed by atoms with E-state index in [1.807, 2.05) is 54.1 Å². The van der Waals surface area contributed by atoms with Gasteiger partial charge in [-0.1, -0.05) is 109 Å². The average molecular weight is 568 g/mol. The number of hydrogen-bond acceptors (Lipinski definition) is 4. The van der Waals surface area contributed by atoms with E-state index in [0.29, 0.717) is 5.82 Å². The summed E-state index contributed by atoms with van der Waals surface area (Å²) in [5.74, 6) is 0.700. The number of benzene rings is 5. The molecule has 0 spiro atoms. The highest BCUT2D eigenvalue weighted by Crippen LogP contribution is 2.40. The van der Waals surface area contributed by atoms with Gasteiger partial charge in [0.25, 0.3) is 0 Å². The molecule has 3 nitrogen and oxygen atoms in total. The van der Waals surface area contributed by atoms with Gasteiger partial charge in [-0.2, -0.15) is 0 Å². The van der Waals surface area contributed by atoms with E-state index in [9.17, 15) is 0 Å². The minimum absolute atomic E-state index is 0.700. The normalized spacial score (nSPS) is 11.3. The van der Waals surface area contributed by atoms with E-state index in [1.165, 1.54) is 31.3 Å². The third kappa shape index (κ3) is 4.78. The molecule has 0 unspecified atom stereocenters. The lowest BCUT2D eigenvalue weighted by atomic mass is 10.00. The maximum Gasteiger partial charge on any atom is 0.160 e. The van der Waals surface area contributed by atoms with Gasteiger partial charge in [-0.05, 0) is 52.6 Å². The van der Waals surface area contributed by atoms with Crippen LogP contribution in [-0.2, 0) is 0 Å². The second kappa shape index (κ2) is 10.8. The Morgan fingerprint density at radius 1 is 0.419 bits per heavy atom. The van der Waals surface area contributed by atoms with Crippen LogP contribution in [0.15, 0.2) is 152 Å². The van der Waals surface area contributed by atoms with Crippen molar-refractivity contribution in [2.24, 2.45) is 0 Å². The van der Waals surface area contributed by atoms with Crippen LogP contribution in [-0.4, -0.2) is 15.0 Å². The highest BCUT2D eigenvalue weighted by molar-refractivity contribution is 7.26. The fourth-order valence-electron chi connectivity index (χ4n) is 5.66. The number of fused-ring (bicyclic) bond motifs is 3. The third-order valence-corrected chi connectivity index (χ3v) is 9.05. The van der Waals surface area contributed by atoms with Crippen LogP contribution in [0.5, 0.6) is 0 Å². The molecule has 43 heavy (non-hydrogen) atoms. The van der Waals surface area contributed by atoms with Gasteiger partial charge >= 0.3 is 0 Å². The van der Waals surface area contributed by atoms with Crippen LogP contribution in [0.3, 0.4) is 0 Å². The van der Waals surface area contributed by atoms with Gasteiger partial charge in [0, 0.05) is 49.3 Å². The van der Waals surface area contributed by atoms with Crippen molar-refractivity contribution in [1.29, 1.82) is 0 Å². The molecule has 0 saturated heterocycles. The van der Waals surface area contributed by atoms with Crippen molar-refractivity contribution < 1.29 is 0 Å². The lowest BCUT2D eigenvalue weighted by Gasteiger charge is -2.11. The molecule has 0 aliphatic carbocycles. The molecule has 0 radical (unpaired) electrons. The maximum absolute atomic E-state index is 5.09. The molecule has 8 rings (SSSR count). The Morgan fingerprint density at radius 2 is 1.05 bits per heavy atom. The number of thiophene rings is 1. The van der Waals surface area contributed by atoms with Gasteiger partial charge in [0.1, 0.15) is 0 Å². The van der Waals surface area contributed by atoms with E-state index >= 15 is 0 Å². The summed E-state index contributed by atoms with van der Waals surface area (Å²) in [6.07, 6.45) is 3.63. The molecule has 202 valence electrons. The molecule has 0 aliphatic rings. The van der Waals surface area contributed by atoms with Crippen LogP contribution >= 0.6 is 11.3 Å². The Morgan fingerprint density at radius 3 is 1.86 bits per heavy atom. The zero-order chi connectivity index (χ0) is 28.6. The average Bonchev–Trinajstić information content (AvgIpc) is 3.48. The largest absolute Gasteiger partial charge is 0.265 e. The Bertz CT molecular complexity index is 2220.